The number of nitrogens with zero attached hydrogens (tertiary/aromatic N) is 1. The van der Waals surface area contributed by atoms with Gasteiger partial charge in [-0.25, -0.2) is 0 Å². The third-order valence-corrected chi connectivity index (χ3v) is 1.14. The normalized spacial score (nSPS) is 9.27. The Bertz CT molecular complexity index is 271. The zero-order chi connectivity index (χ0) is 8.27. The number of amides is 1. The van der Waals surface area contributed by atoms with E-state index in [9.17, 15) is 4.79 Å². The quantitative estimate of drug-likeness (QED) is 0.652. The van der Waals surface area contributed by atoms with E-state index in [0.29, 0.717) is 5.69 Å². The van der Waals surface area contributed by atoms with E-state index in [2.05, 4.69) is 17.2 Å². The van der Waals surface area contributed by atoms with Gasteiger partial charge in [0.25, 0.3) is 0 Å². The summed E-state index contributed by atoms with van der Waals surface area (Å²) < 4.78 is 0. The van der Waals surface area contributed by atoms with Gasteiger partial charge in [0.05, 0.1) is 0 Å². The zero-order valence-corrected chi connectivity index (χ0v) is 6.29. The third kappa shape index (κ3) is 2.37. The van der Waals surface area contributed by atoms with Gasteiger partial charge in [0.15, 0.2) is 0 Å². The van der Waals surface area contributed by atoms with Crippen LogP contribution in [0.4, 0.5) is 5.69 Å². The fraction of sp³-hybridized carbons (Fsp3) is 0.125. The fourth-order valence-electron chi connectivity index (χ4n) is 0.759. The molecule has 1 aromatic heterocycles. The third-order valence-electron chi connectivity index (χ3n) is 1.14. The summed E-state index contributed by atoms with van der Waals surface area (Å²) in [5.74, 6) is -0.0874. The molecule has 0 aliphatic rings. The van der Waals surface area contributed by atoms with Gasteiger partial charge in [-0.15, -0.1) is 0 Å². The van der Waals surface area contributed by atoms with Crippen molar-refractivity contribution in [1.29, 1.82) is 0 Å². The fourth-order valence-corrected chi connectivity index (χ4v) is 0.759. The predicted molar refractivity (Wildman–Crippen MR) is 43.0 cm³/mol. The highest BCUT2D eigenvalue weighted by Crippen LogP contribution is 2.05. The number of hydrogen-bond acceptors (Lipinski definition) is 2. The molecule has 3 heteroatoms. The zero-order valence-electron chi connectivity index (χ0n) is 6.29. The summed E-state index contributed by atoms with van der Waals surface area (Å²) in [6, 6.07) is 3.43. The Morgan fingerprint density at radius 1 is 1.73 bits per heavy atom. The lowest BCUT2D eigenvalue weighted by molar-refractivity contribution is -0.114. The summed E-state index contributed by atoms with van der Waals surface area (Å²) in [5, 5.41) is 2.63. The maximum Gasteiger partial charge on any atom is 0.221 e. The Labute approximate surface area is 65.5 Å². The molecule has 0 saturated heterocycles. The Balaban J connectivity index is 2.79. The van der Waals surface area contributed by atoms with Gasteiger partial charge >= 0.3 is 0 Å². The topological polar surface area (TPSA) is 42.0 Å². The maximum atomic E-state index is 10.6. The van der Waals surface area contributed by atoms with Gasteiger partial charge in [-0.1, -0.05) is 0 Å². The van der Waals surface area contributed by atoms with Crippen molar-refractivity contribution in [2.75, 3.05) is 5.32 Å². The Morgan fingerprint density at radius 3 is 3.00 bits per heavy atom. The van der Waals surface area contributed by atoms with Crippen molar-refractivity contribution in [3.8, 4) is 0 Å². The molecule has 1 radical (unpaired) electrons. The van der Waals surface area contributed by atoms with E-state index in [0.717, 1.165) is 5.69 Å². The number of anilines is 1. The van der Waals surface area contributed by atoms with Crippen LogP contribution >= 0.6 is 0 Å². The van der Waals surface area contributed by atoms with Crippen molar-refractivity contribution in [1.82, 2.24) is 4.98 Å². The molecule has 0 aromatic carbocycles. The molecule has 57 valence electrons. The molecule has 0 fully saturated rings. The SMILES string of the molecule is [CH2]c1cc(NC(C)=O)ccn1. The maximum absolute atomic E-state index is 10.6. The van der Waals surface area contributed by atoms with E-state index < -0.39 is 0 Å². The lowest BCUT2D eigenvalue weighted by Gasteiger charge is -2.00. The van der Waals surface area contributed by atoms with E-state index in [1.165, 1.54) is 6.92 Å². The summed E-state index contributed by atoms with van der Waals surface area (Å²) in [6.45, 7) is 5.09. The number of aromatic nitrogens is 1. The van der Waals surface area contributed by atoms with Crippen LogP contribution < -0.4 is 5.32 Å². The number of carbonyl (C=O) groups excluding carboxylic acids is 1. The molecular weight excluding hydrogens is 140 g/mol. The van der Waals surface area contributed by atoms with Gasteiger partial charge in [-0.05, 0) is 19.1 Å². The van der Waals surface area contributed by atoms with Crippen LogP contribution in [0.5, 0.6) is 0 Å². The Morgan fingerprint density at radius 2 is 2.45 bits per heavy atom. The first-order chi connectivity index (χ1) is 5.18. The second kappa shape index (κ2) is 3.14. The first-order valence-electron chi connectivity index (χ1n) is 3.24. The van der Waals surface area contributed by atoms with Crippen molar-refractivity contribution in [3.63, 3.8) is 0 Å². The molecule has 1 N–H and O–H groups in total. The van der Waals surface area contributed by atoms with Gasteiger partial charge in [0.2, 0.25) is 5.91 Å². The van der Waals surface area contributed by atoms with Gasteiger partial charge in [-0.2, -0.15) is 0 Å². The molecule has 0 aliphatic carbocycles. The monoisotopic (exact) mass is 149 g/mol. The van der Waals surface area contributed by atoms with Crippen LogP contribution in [0.3, 0.4) is 0 Å². The Kier molecular flexibility index (Phi) is 2.21. The molecule has 11 heavy (non-hydrogen) atoms. The van der Waals surface area contributed by atoms with Crippen LogP contribution in [0.15, 0.2) is 18.3 Å². The summed E-state index contributed by atoms with van der Waals surface area (Å²) in [7, 11) is 0. The average molecular weight is 149 g/mol. The number of rotatable bonds is 1. The largest absolute Gasteiger partial charge is 0.326 e. The lowest BCUT2D eigenvalue weighted by Crippen LogP contribution is -2.05. The molecule has 0 atom stereocenters. The molecule has 1 amide bonds. The van der Waals surface area contributed by atoms with Crippen LogP contribution in [0, 0.1) is 6.92 Å². The number of hydrogen-bond donors (Lipinski definition) is 1. The van der Waals surface area contributed by atoms with Crippen LogP contribution in [0.25, 0.3) is 0 Å². The average Bonchev–Trinajstić information content (AvgIpc) is 1.85. The van der Waals surface area contributed by atoms with Crippen molar-refractivity contribution < 1.29 is 4.79 Å². The predicted octanol–water partition coefficient (Wildman–Crippen LogP) is 1.22. The van der Waals surface area contributed by atoms with Crippen LogP contribution in [0.1, 0.15) is 12.6 Å². The van der Waals surface area contributed by atoms with E-state index in [4.69, 9.17) is 0 Å². The van der Waals surface area contributed by atoms with E-state index in [1.807, 2.05) is 0 Å². The summed E-state index contributed by atoms with van der Waals surface area (Å²) >= 11 is 0. The molecule has 1 heterocycles. The lowest BCUT2D eigenvalue weighted by atomic mass is 10.3. The number of carbonyl (C=O) groups is 1. The van der Waals surface area contributed by atoms with E-state index in [1.54, 1.807) is 18.3 Å². The summed E-state index contributed by atoms with van der Waals surface area (Å²) in [6.07, 6.45) is 1.60. The smallest absolute Gasteiger partial charge is 0.221 e. The number of pyridine rings is 1. The van der Waals surface area contributed by atoms with Crippen molar-refractivity contribution in [3.05, 3.63) is 30.9 Å². The minimum Gasteiger partial charge on any atom is -0.326 e. The molecule has 3 nitrogen and oxygen atoms in total. The minimum atomic E-state index is -0.0874. The molecule has 1 rings (SSSR count). The molecule has 0 unspecified atom stereocenters. The second-order valence-electron chi connectivity index (χ2n) is 2.22. The Hall–Kier alpha value is -1.38. The highest BCUT2D eigenvalue weighted by atomic mass is 16.1. The van der Waals surface area contributed by atoms with Gasteiger partial charge < -0.3 is 5.32 Å². The first-order valence-corrected chi connectivity index (χ1v) is 3.24. The van der Waals surface area contributed by atoms with Crippen molar-refractivity contribution in [2.24, 2.45) is 0 Å². The second-order valence-corrected chi connectivity index (χ2v) is 2.22. The van der Waals surface area contributed by atoms with Gasteiger partial charge in [0.1, 0.15) is 0 Å². The van der Waals surface area contributed by atoms with Gasteiger partial charge in [-0.3, -0.25) is 9.78 Å². The van der Waals surface area contributed by atoms with E-state index in [-0.39, 0.29) is 5.91 Å². The first kappa shape index (κ1) is 7.72. The van der Waals surface area contributed by atoms with E-state index >= 15 is 0 Å². The standard InChI is InChI=1S/C8H9N2O/c1-6-5-8(3-4-9-6)10-7(2)11/h3-5H,1H2,2H3,(H,9,10,11). The van der Waals surface area contributed by atoms with Crippen LogP contribution in [0.2, 0.25) is 0 Å². The molecular formula is C8H9N2O. The van der Waals surface area contributed by atoms with Crippen LogP contribution in [-0.4, -0.2) is 10.9 Å². The highest BCUT2D eigenvalue weighted by Gasteiger charge is 1.93. The van der Waals surface area contributed by atoms with Gasteiger partial charge in [0, 0.05) is 24.5 Å². The molecule has 1 aromatic rings. The minimum absolute atomic E-state index is 0.0874. The van der Waals surface area contributed by atoms with Crippen molar-refractivity contribution >= 4 is 11.6 Å². The summed E-state index contributed by atoms with van der Waals surface area (Å²) in [5.41, 5.74) is 1.38. The molecule has 0 bridgehead atoms. The molecule has 0 spiro atoms. The highest BCUT2D eigenvalue weighted by molar-refractivity contribution is 5.88. The van der Waals surface area contributed by atoms with Crippen molar-refractivity contribution in [2.45, 2.75) is 6.92 Å². The molecule has 0 aliphatic heterocycles. The summed E-state index contributed by atoms with van der Waals surface area (Å²) in [4.78, 5) is 14.5. The number of nitrogens with one attached hydrogen (secondary N) is 1. The van der Waals surface area contributed by atoms with Crippen LogP contribution in [-0.2, 0) is 4.79 Å². The molecule has 0 saturated carbocycles.